The van der Waals surface area contributed by atoms with E-state index < -0.39 is 0 Å². The van der Waals surface area contributed by atoms with Crippen molar-refractivity contribution in [1.82, 2.24) is 15.1 Å². The second-order valence-corrected chi connectivity index (χ2v) is 8.45. The zero-order valence-electron chi connectivity index (χ0n) is 18.8. The van der Waals surface area contributed by atoms with Crippen LogP contribution in [0, 0.1) is 0 Å². The Bertz CT molecular complexity index is 977. The molecule has 1 aliphatic heterocycles. The second-order valence-electron chi connectivity index (χ2n) is 8.45. The third-order valence-corrected chi connectivity index (χ3v) is 6.21. The lowest BCUT2D eigenvalue weighted by atomic mass is 10.0. The van der Waals surface area contributed by atoms with Gasteiger partial charge >= 0.3 is 0 Å². The number of carbonyl (C=O) groups is 2. The number of rotatable bonds is 7. The van der Waals surface area contributed by atoms with Crippen LogP contribution in [0.15, 0.2) is 54.6 Å². The van der Waals surface area contributed by atoms with Crippen LogP contribution in [0.5, 0.6) is 5.75 Å². The first kappa shape index (κ1) is 22.1. The highest BCUT2D eigenvalue weighted by Crippen LogP contribution is 2.26. The van der Waals surface area contributed by atoms with Gasteiger partial charge in [0.2, 0.25) is 5.91 Å². The van der Waals surface area contributed by atoms with Crippen molar-refractivity contribution in [3.8, 4) is 5.75 Å². The highest BCUT2D eigenvalue weighted by Gasteiger charge is 2.31. The summed E-state index contributed by atoms with van der Waals surface area (Å²) >= 11 is 0. The average molecular weight is 434 g/mol. The molecule has 6 heteroatoms. The molecule has 0 spiro atoms. The van der Waals surface area contributed by atoms with E-state index in [4.69, 9.17) is 4.74 Å². The molecule has 2 amide bonds. The van der Waals surface area contributed by atoms with Crippen LogP contribution in [-0.4, -0.2) is 67.0 Å². The van der Waals surface area contributed by atoms with Crippen LogP contribution >= 0.6 is 0 Å². The molecule has 168 valence electrons. The van der Waals surface area contributed by atoms with Crippen molar-refractivity contribution in [1.29, 1.82) is 0 Å². The molecule has 0 radical (unpaired) electrons. The fraction of sp³-hybridized carbons (Fsp3) is 0.385. The zero-order chi connectivity index (χ0) is 22.5. The molecule has 1 unspecified atom stereocenters. The third-order valence-electron chi connectivity index (χ3n) is 6.21. The SMILES string of the molecule is COc1ccccc1/C=C(/C(=O)N1CCN(C(C)C(=O)NC2CC2)CC1)c1ccccc1. The van der Waals surface area contributed by atoms with Gasteiger partial charge < -0.3 is 15.0 Å². The van der Waals surface area contributed by atoms with Crippen molar-refractivity contribution in [2.45, 2.75) is 31.8 Å². The Hall–Kier alpha value is -3.12. The molecule has 1 saturated carbocycles. The minimum Gasteiger partial charge on any atom is -0.496 e. The largest absolute Gasteiger partial charge is 0.496 e. The molecule has 4 rings (SSSR count). The number of hydrogen-bond acceptors (Lipinski definition) is 4. The molecule has 32 heavy (non-hydrogen) atoms. The maximum atomic E-state index is 13.6. The monoisotopic (exact) mass is 433 g/mol. The summed E-state index contributed by atoms with van der Waals surface area (Å²) in [6, 6.07) is 17.6. The molecule has 1 aliphatic carbocycles. The van der Waals surface area contributed by atoms with Crippen molar-refractivity contribution >= 4 is 23.5 Å². The maximum Gasteiger partial charge on any atom is 0.254 e. The van der Waals surface area contributed by atoms with E-state index in [1.54, 1.807) is 7.11 Å². The molecule has 1 atom stereocenters. The van der Waals surface area contributed by atoms with Gasteiger partial charge in [0.25, 0.3) is 5.91 Å². The first-order valence-electron chi connectivity index (χ1n) is 11.3. The Kier molecular flexibility index (Phi) is 6.90. The van der Waals surface area contributed by atoms with E-state index in [9.17, 15) is 9.59 Å². The van der Waals surface area contributed by atoms with Crippen LogP contribution in [0.1, 0.15) is 30.9 Å². The number of ether oxygens (including phenoxy) is 1. The van der Waals surface area contributed by atoms with Crippen LogP contribution in [0.25, 0.3) is 11.6 Å². The van der Waals surface area contributed by atoms with Gasteiger partial charge in [-0.05, 0) is 37.5 Å². The van der Waals surface area contributed by atoms with Crippen LogP contribution in [0.4, 0.5) is 0 Å². The maximum absolute atomic E-state index is 13.6. The molecule has 0 bridgehead atoms. The van der Waals surface area contributed by atoms with E-state index in [-0.39, 0.29) is 17.9 Å². The van der Waals surface area contributed by atoms with Crippen LogP contribution in [0.2, 0.25) is 0 Å². The number of carbonyl (C=O) groups excluding carboxylic acids is 2. The van der Waals surface area contributed by atoms with Gasteiger partial charge in [-0.2, -0.15) is 0 Å². The summed E-state index contributed by atoms with van der Waals surface area (Å²) in [6.45, 7) is 4.50. The average Bonchev–Trinajstić information content (AvgIpc) is 3.66. The number of piperazine rings is 1. The smallest absolute Gasteiger partial charge is 0.254 e. The third kappa shape index (κ3) is 5.19. The molecule has 2 aromatic carbocycles. The highest BCUT2D eigenvalue weighted by atomic mass is 16.5. The molecule has 2 fully saturated rings. The molecule has 0 aromatic heterocycles. The number of amides is 2. The standard InChI is InChI=1S/C26H31N3O3/c1-19(25(30)27-22-12-13-22)28-14-16-29(17-15-28)26(31)23(20-8-4-3-5-9-20)18-21-10-6-7-11-24(21)32-2/h3-11,18-19,22H,12-17H2,1-2H3,(H,27,30)/b23-18+. The predicted octanol–water partition coefficient (Wildman–Crippen LogP) is 3.05. The van der Waals surface area contributed by atoms with Crippen LogP contribution in [-0.2, 0) is 9.59 Å². The first-order valence-corrected chi connectivity index (χ1v) is 11.3. The van der Waals surface area contributed by atoms with Crippen LogP contribution < -0.4 is 10.1 Å². The summed E-state index contributed by atoms with van der Waals surface area (Å²) in [6.07, 6.45) is 4.08. The summed E-state index contributed by atoms with van der Waals surface area (Å²) < 4.78 is 5.49. The van der Waals surface area contributed by atoms with Crippen molar-refractivity contribution in [2.75, 3.05) is 33.3 Å². The van der Waals surface area contributed by atoms with E-state index >= 15 is 0 Å². The minimum absolute atomic E-state index is 0.00292. The Morgan fingerprint density at radius 1 is 1.00 bits per heavy atom. The molecular weight excluding hydrogens is 402 g/mol. The molecule has 1 N–H and O–H groups in total. The molecule has 2 aliphatic rings. The highest BCUT2D eigenvalue weighted by molar-refractivity contribution is 6.24. The van der Waals surface area contributed by atoms with Crippen LogP contribution in [0.3, 0.4) is 0 Å². The summed E-state index contributed by atoms with van der Waals surface area (Å²) in [5, 5.41) is 3.08. The molecule has 1 heterocycles. The Morgan fingerprint density at radius 3 is 2.31 bits per heavy atom. The number of hydrogen-bond donors (Lipinski definition) is 1. The predicted molar refractivity (Wildman–Crippen MR) is 126 cm³/mol. The summed E-state index contributed by atoms with van der Waals surface area (Å²) in [5.41, 5.74) is 2.39. The number of benzene rings is 2. The molecular formula is C26H31N3O3. The Balaban J connectivity index is 1.50. The first-order chi connectivity index (χ1) is 15.6. The van der Waals surface area contributed by atoms with Gasteiger partial charge in [0, 0.05) is 43.4 Å². The molecule has 6 nitrogen and oxygen atoms in total. The summed E-state index contributed by atoms with van der Waals surface area (Å²) in [4.78, 5) is 30.0. The fourth-order valence-electron chi connectivity index (χ4n) is 4.03. The van der Waals surface area contributed by atoms with Gasteiger partial charge in [-0.1, -0.05) is 48.5 Å². The number of nitrogens with one attached hydrogen (secondary N) is 1. The summed E-state index contributed by atoms with van der Waals surface area (Å²) in [5.74, 6) is 0.819. The quantitative estimate of drug-likeness (QED) is 0.539. The van der Waals surface area contributed by atoms with Gasteiger partial charge in [0.15, 0.2) is 0 Å². The van der Waals surface area contributed by atoms with E-state index in [0.717, 1.165) is 29.7 Å². The van der Waals surface area contributed by atoms with Gasteiger partial charge in [-0.3, -0.25) is 14.5 Å². The van der Waals surface area contributed by atoms with Gasteiger partial charge in [-0.15, -0.1) is 0 Å². The van der Waals surface area contributed by atoms with E-state index in [0.29, 0.717) is 37.8 Å². The Morgan fingerprint density at radius 2 is 1.66 bits per heavy atom. The van der Waals surface area contributed by atoms with Crippen molar-refractivity contribution in [3.63, 3.8) is 0 Å². The lowest BCUT2D eigenvalue weighted by Gasteiger charge is -2.37. The molecule has 2 aromatic rings. The van der Waals surface area contributed by atoms with Crippen molar-refractivity contribution < 1.29 is 14.3 Å². The lowest BCUT2D eigenvalue weighted by Crippen LogP contribution is -2.55. The second kappa shape index (κ2) is 10.0. The van der Waals surface area contributed by atoms with Gasteiger partial charge in [0.1, 0.15) is 5.75 Å². The topological polar surface area (TPSA) is 61.9 Å². The minimum atomic E-state index is -0.175. The van der Waals surface area contributed by atoms with Gasteiger partial charge in [-0.25, -0.2) is 0 Å². The number of methoxy groups -OCH3 is 1. The number of para-hydroxylation sites is 1. The van der Waals surface area contributed by atoms with Crippen molar-refractivity contribution in [3.05, 3.63) is 65.7 Å². The fourth-order valence-corrected chi connectivity index (χ4v) is 4.03. The van der Waals surface area contributed by atoms with Crippen molar-refractivity contribution in [2.24, 2.45) is 0 Å². The molecule has 1 saturated heterocycles. The summed E-state index contributed by atoms with van der Waals surface area (Å²) in [7, 11) is 1.64. The Labute approximate surface area is 189 Å². The van der Waals surface area contributed by atoms with Gasteiger partial charge in [0.05, 0.1) is 13.2 Å². The number of nitrogens with zero attached hydrogens (tertiary/aromatic N) is 2. The normalized spacial score (nSPS) is 18.2. The van der Waals surface area contributed by atoms with E-state index in [1.165, 1.54) is 0 Å². The van der Waals surface area contributed by atoms with E-state index in [2.05, 4.69) is 10.2 Å². The zero-order valence-corrected chi connectivity index (χ0v) is 18.8. The van der Waals surface area contributed by atoms with E-state index in [1.807, 2.05) is 72.5 Å². The lowest BCUT2D eigenvalue weighted by molar-refractivity contribution is -0.129.